The van der Waals surface area contributed by atoms with Gasteiger partial charge in [0.25, 0.3) is 0 Å². The molecule has 94 valence electrons. The first kappa shape index (κ1) is 13.6. The van der Waals surface area contributed by atoms with Crippen molar-refractivity contribution in [1.29, 1.82) is 0 Å². The van der Waals surface area contributed by atoms with E-state index in [0.29, 0.717) is 5.56 Å². The fraction of sp³-hybridized carbons (Fsp3) is 0.500. The van der Waals surface area contributed by atoms with Crippen molar-refractivity contribution in [2.24, 2.45) is 5.92 Å². The van der Waals surface area contributed by atoms with Crippen LogP contribution in [-0.2, 0) is 0 Å². The number of ketones is 1. The summed E-state index contributed by atoms with van der Waals surface area (Å²) in [4.78, 5) is 12.2. The third kappa shape index (κ3) is 3.48. The number of aromatic hydroxyl groups is 2. The number of phenols is 2. The van der Waals surface area contributed by atoms with Crippen molar-refractivity contribution in [1.82, 2.24) is 0 Å². The van der Waals surface area contributed by atoms with Gasteiger partial charge < -0.3 is 10.2 Å². The number of carbonyl (C=O) groups excluding carboxylic acids is 1. The Morgan fingerprint density at radius 1 is 1.12 bits per heavy atom. The molecule has 2 N–H and O–H groups in total. The molecule has 0 amide bonds. The van der Waals surface area contributed by atoms with Gasteiger partial charge in [-0.3, -0.25) is 4.79 Å². The summed E-state index contributed by atoms with van der Waals surface area (Å²) in [5.41, 5.74) is 0.479. The molecule has 0 bridgehead atoms. The van der Waals surface area contributed by atoms with E-state index in [1.807, 2.05) is 0 Å². The summed E-state index contributed by atoms with van der Waals surface area (Å²) in [6.45, 7) is 4.12. The molecule has 0 aliphatic carbocycles. The molecule has 0 heterocycles. The van der Waals surface area contributed by atoms with Gasteiger partial charge in [0.1, 0.15) is 0 Å². The molecule has 0 saturated heterocycles. The van der Waals surface area contributed by atoms with Crippen LogP contribution in [0.2, 0.25) is 0 Å². The van der Waals surface area contributed by atoms with Crippen LogP contribution in [0.3, 0.4) is 0 Å². The minimum Gasteiger partial charge on any atom is -0.504 e. The molecular weight excluding hydrogens is 216 g/mol. The van der Waals surface area contributed by atoms with Crippen molar-refractivity contribution in [3.63, 3.8) is 0 Å². The summed E-state index contributed by atoms with van der Waals surface area (Å²) >= 11 is 0. The molecule has 0 aliphatic rings. The van der Waals surface area contributed by atoms with Crippen molar-refractivity contribution in [2.45, 2.75) is 39.5 Å². The molecule has 1 aromatic rings. The highest BCUT2D eigenvalue weighted by Gasteiger charge is 2.19. The molecule has 0 aliphatic heterocycles. The maximum absolute atomic E-state index is 12.2. The third-order valence-electron chi connectivity index (χ3n) is 2.90. The number of carbonyl (C=O) groups is 1. The second-order valence-electron chi connectivity index (χ2n) is 4.34. The SMILES string of the molecule is CCCC(CCC)C(=O)c1ccc(O)c(O)c1. The van der Waals surface area contributed by atoms with Crippen molar-refractivity contribution >= 4 is 5.78 Å². The number of phenolic OH excluding ortho intramolecular Hbond substituents is 2. The van der Waals surface area contributed by atoms with E-state index in [9.17, 15) is 15.0 Å². The molecule has 0 atom stereocenters. The van der Waals surface area contributed by atoms with Crippen LogP contribution in [0, 0.1) is 5.92 Å². The third-order valence-corrected chi connectivity index (χ3v) is 2.90. The van der Waals surface area contributed by atoms with Crippen molar-refractivity contribution in [2.75, 3.05) is 0 Å². The highest BCUT2D eigenvalue weighted by Crippen LogP contribution is 2.27. The molecule has 3 heteroatoms. The second kappa shape index (κ2) is 6.28. The van der Waals surface area contributed by atoms with E-state index < -0.39 is 0 Å². The molecule has 3 nitrogen and oxygen atoms in total. The van der Waals surface area contributed by atoms with Crippen LogP contribution in [-0.4, -0.2) is 16.0 Å². The first-order valence-corrected chi connectivity index (χ1v) is 6.16. The monoisotopic (exact) mass is 236 g/mol. The Morgan fingerprint density at radius 2 is 1.71 bits per heavy atom. The van der Waals surface area contributed by atoms with Crippen molar-refractivity contribution in [3.8, 4) is 11.5 Å². The summed E-state index contributed by atoms with van der Waals surface area (Å²) in [5.74, 6) is -0.343. The lowest BCUT2D eigenvalue weighted by Crippen LogP contribution is -2.14. The van der Waals surface area contributed by atoms with Gasteiger partial charge in [0.15, 0.2) is 17.3 Å². The Bertz CT molecular complexity index is 379. The van der Waals surface area contributed by atoms with Crippen molar-refractivity contribution < 1.29 is 15.0 Å². The average molecular weight is 236 g/mol. The number of hydrogen-bond acceptors (Lipinski definition) is 3. The Balaban J connectivity index is 2.88. The van der Waals surface area contributed by atoms with Crippen LogP contribution < -0.4 is 0 Å². The maximum Gasteiger partial charge on any atom is 0.166 e. The standard InChI is InChI=1S/C14H20O3/c1-3-5-10(6-4-2)14(17)11-7-8-12(15)13(16)9-11/h7-10,15-16H,3-6H2,1-2H3. The average Bonchev–Trinajstić information content (AvgIpc) is 2.31. The summed E-state index contributed by atoms with van der Waals surface area (Å²) in [6.07, 6.45) is 3.68. The van der Waals surface area contributed by atoms with E-state index in [1.54, 1.807) is 6.07 Å². The summed E-state index contributed by atoms with van der Waals surface area (Å²) in [7, 11) is 0. The molecule has 0 spiro atoms. The van der Waals surface area contributed by atoms with Crippen LogP contribution in [0.4, 0.5) is 0 Å². The largest absolute Gasteiger partial charge is 0.504 e. The Kier molecular flexibility index (Phi) is 5.01. The van der Waals surface area contributed by atoms with Gasteiger partial charge >= 0.3 is 0 Å². The molecular formula is C14H20O3. The van der Waals surface area contributed by atoms with Crippen LogP contribution in [0.5, 0.6) is 11.5 Å². The lowest BCUT2D eigenvalue weighted by molar-refractivity contribution is 0.0904. The molecule has 0 saturated carbocycles. The van der Waals surface area contributed by atoms with E-state index in [4.69, 9.17) is 0 Å². The zero-order valence-corrected chi connectivity index (χ0v) is 10.4. The van der Waals surface area contributed by atoms with E-state index in [0.717, 1.165) is 25.7 Å². The summed E-state index contributed by atoms with van der Waals surface area (Å²) in [5, 5.41) is 18.6. The van der Waals surface area contributed by atoms with Gasteiger partial charge in [-0.1, -0.05) is 26.7 Å². The second-order valence-corrected chi connectivity index (χ2v) is 4.34. The van der Waals surface area contributed by atoms with E-state index in [2.05, 4.69) is 13.8 Å². The topological polar surface area (TPSA) is 57.5 Å². The zero-order valence-electron chi connectivity index (χ0n) is 10.4. The zero-order chi connectivity index (χ0) is 12.8. The van der Waals surface area contributed by atoms with Crippen LogP contribution >= 0.6 is 0 Å². The Morgan fingerprint density at radius 3 is 2.18 bits per heavy atom. The molecule has 0 fully saturated rings. The smallest absolute Gasteiger partial charge is 0.166 e. The molecule has 0 unspecified atom stereocenters. The molecule has 1 rings (SSSR count). The van der Waals surface area contributed by atoms with E-state index in [-0.39, 0.29) is 23.2 Å². The Hall–Kier alpha value is -1.51. The van der Waals surface area contributed by atoms with Crippen LogP contribution in [0.25, 0.3) is 0 Å². The fourth-order valence-corrected chi connectivity index (χ4v) is 2.02. The minimum absolute atomic E-state index is 0.0222. The van der Waals surface area contributed by atoms with Gasteiger partial charge in [0.05, 0.1) is 0 Å². The first-order valence-electron chi connectivity index (χ1n) is 6.16. The maximum atomic E-state index is 12.2. The molecule has 0 radical (unpaired) electrons. The predicted molar refractivity (Wildman–Crippen MR) is 67.4 cm³/mol. The van der Waals surface area contributed by atoms with Gasteiger partial charge in [0, 0.05) is 11.5 Å². The van der Waals surface area contributed by atoms with Gasteiger partial charge in [-0.15, -0.1) is 0 Å². The quantitative estimate of drug-likeness (QED) is 0.587. The lowest BCUT2D eigenvalue weighted by Gasteiger charge is -2.14. The lowest BCUT2D eigenvalue weighted by atomic mass is 9.90. The predicted octanol–water partition coefficient (Wildman–Crippen LogP) is 3.50. The first-order chi connectivity index (χ1) is 8.10. The van der Waals surface area contributed by atoms with Crippen LogP contribution in [0.1, 0.15) is 49.9 Å². The van der Waals surface area contributed by atoms with Gasteiger partial charge in [-0.05, 0) is 31.0 Å². The summed E-state index contributed by atoms with van der Waals surface area (Å²) in [6, 6.07) is 4.27. The van der Waals surface area contributed by atoms with Crippen molar-refractivity contribution in [3.05, 3.63) is 23.8 Å². The van der Waals surface area contributed by atoms with Gasteiger partial charge in [-0.25, -0.2) is 0 Å². The fourth-order valence-electron chi connectivity index (χ4n) is 2.02. The number of hydrogen-bond donors (Lipinski definition) is 2. The number of rotatable bonds is 6. The van der Waals surface area contributed by atoms with Crippen LogP contribution in [0.15, 0.2) is 18.2 Å². The van der Waals surface area contributed by atoms with Gasteiger partial charge in [-0.2, -0.15) is 0 Å². The number of Topliss-reactive ketones (excluding diaryl/α,β-unsaturated/α-hetero) is 1. The van der Waals surface area contributed by atoms with Gasteiger partial charge in [0.2, 0.25) is 0 Å². The molecule has 1 aromatic carbocycles. The highest BCUT2D eigenvalue weighted by atomic mass is 16.3. The molecule has 17 heavy (non-hydrogen) atoms. The van der Waals surface area contributed by atoms with E-state index >= 15 is 0 Å². The highest BCUT2D eigenvalue weighted by molar-refractivity contribution is 5.98. The molecule has 0 aromatic heterocycles. The minimum atomic E-state index is -0.234. The summed E-state index contributed by atoms with van der Waals surface area (Å²) < 4.78 is 0. The van der Waals surface area contributed by atoms with E-state index in [1.165, 1.54) is 12.1 Å². The Labute approximate surface area is 102 Å². The number of benzene rings is 1. The normalized spacial score (nSPS) is 10.8.